The summed E-state index contributed by atoms with van der Waals surface area (Å²) in [5.74, 6) is -1.02. The topological polar surface area (TPSA) is 66.8 Å². The molecule has 1 atom stereocenters. The van der Waals surface area contributed by atoms with Crippen molar-refractivity contribution in [2.75, 3.05) is 13.2 Å². The van der Waals surface area contributed by atoms with Gasteiger partial charge in [0, 0.05) is 6.54 Å². The number of hydrogen-bond donors (Lipinski definition) is 1. The second-order valence-electron chi connectivity index (χ2n) is 2.22. The molecule has 0 unspecified atom stereocenters. The third-order valence-corrected chi connectivity index (χ3v) is 1.60. The molecule has 0 aromatic rings. The Morgan fingerprint density at radius 1 is 1.91 bits per heavy atom. The third kappa shape index (κ3) is 1.26. The first kappa shape index (κ1) is 7.84. The summed E-state index contributed by atoms with van der Waals surface area (Å²) in [4.78, 5) is 22.4. The molecule has 0 spiro atoms. The van der Waals surface area contributed by atoms with E-state index in [9.17, 15) is 9.59 Å². The van der Waals surface area contributed by atoms with Gasteiger partial charge in [0.15, 0.2) is 6.04 Å². The van der Waals surface area contributed by atoms with E-state index in [1.54, 1.807) is 6.92 Å². The number of rotatable bonds is 2. The Morgan fingerprint density at radius 2 is 2.55 bits per heavy atom. The van der Waals surface area contributed by atoms with Crippen LogP contribution in [0.25, 0.3) is 0 Å². The molecule has 1 fully saturated rings. The van der Waals surface area contributed by atoms with Gasteiger partial charge in [-0.1, -0.05) is 0 Å². The SMILES string of the molecule is CCN1C(=O)OC[C@@H]1C(=O)O. The number of carbonyl (C=O) groups excluding carboxylic acids is 1. The second-order valence-corrected chi connectivity index (χ2v) is 2.22. The van der Waals surface area contributed by atoms with Crippen molar-refractivity contribution < 1.29 is 19.4 Å². The molecular weight excluding hydrogens is 150 g/mol. The number of carboxylic acid groups (broad SMARTS) is 1. The zero-order valence-corrected chi connectivity index (χ0v) is 6.11. The summed E-state index contributed by atoms with van der Waals surface area (Å²) in [6.45, 7) is 2.04. The van der Waals surface area contributed by atoms with Crippen LogP contribution >= 0.6 is 0 Å². The fourth-order valence-corrected chi connectivity index (χ4v) is 1.00. The molecule has 11 heavy (non-hydrogen) atoms. The van der Waals surface area contributed by atoms with E-state index in [2.05, 4.69) is 4.74 Å². The lowest BCUT2D eigenvalue weighted by molar-refractivity contribution is -0.141. The first-order chi connectivity index (χ1) is 5.16. The van der Waals surface area contributed by atoms with Gasteiger partial charge in [-0.05, 0) is 6.92 Å². The number of likely N-dealkylation sites (N-methyl/N-ethyl adjacent to an activating group) is 1. The van der Waals surface area contributed by atoms with Crippen LogP contribution in [0.5, 0.6) is 0 Å². The quantitative estimate of drug-likeness (QED) is 0.611. The van der Waals surface area contributed by atoms with Crippen LogP contribution in [-0.2, 0) is 9.53 Å². The van der Waals surface area contributed by atoms with E-state index in [1.165, 1.54) is 4.90 Å². The van der Waals surface area contributed by atoms with Crippen molar-refractivity contribution in [2.45, 2.75) is 13.0 Å². The van der Waals surface area contributed by atoms with E-state index in [1.807, 2.05) is 0 Å². The van der Waals surface area contributed by atoms with Crippen LogP contribution in [0.2, 0.25) is 0 Å². The van der Waals surface area contributed by atoms with Crippen LogP contribution in [0.1, 0.15) is 6.92 Å². The zero-order valence-electron chi connectivity index (χ0n) is 6.11. The van der Waals surface area contributed by atoms with Crippen molar-refractivity contribution in [1.29, 1.82) is 0 Å². The average molecular weight is 159 g/mol. The molecule has 5 nitrogen and oxygen atoms in total. The van der Waals surface area contributed by atoms with Gasteiger partial charge < -0.3 is 9.84 Å². The molecule has 1 heterocycles. The Labute approximate surface area is 63.5 Å². The van der Waals surface area contributed by atoms with Gasteiger partial charge in [0.25, 0.3) is 0 Å². The number of carboxylic acids is 1. The van der Waals surface area contributed by atoms with Gasteiger partial charge in [0.05, 0.1) is 0 Å². The molecule has 0 radical (unpaired) electrons. The summed E-state index contributed by atoms with van der Waals surface area (Å²) in [6, 6.07) is -0.799. The van der Waals surface area contributed by atoms with Gasteiger partial charge in [0.2, 0.25) is 0 Å². The minimum Gasteiger partial charge on any atom is -0.480 e. The van der Waals surface area contributed by atoms with Gasteiger partial charge in [-0.15, -0.1) is 0 Å². The van der Waals surface area contributed by atoms with Crippen LogP contribution < -0.4 is 0 Å². The van der Waals surface area contributed by atoms with E-state index in [-0.39, 0.29) is 6.61 Å². The molecule has 62 valence electrons. The van der Waals surface area contributed by atoms with Gasteiger partial charge >= 0.3 is 12.1 Å². The van der Waals surface area contributed by atoms with E-state index >= 15 is 0 Å². The van der Waals surface area contributed by atoms with Crippen LogP contribution in [-0.4, -0.2) is 41.3 Å². The summed E-state index contributed by atoms with van der Waals surface area (Å²) in [6.07, 6.45) is -0.542. The molecule has 0 aliphatic carbocycles. The maximum atomic E-state index is 10.8. The minimum absolute atomic E-state index is 0.0397. The Morgan fingerprint density at radius 3 is 2.91 bits per heavy atom. The number of nitrogens with zero attached hydrogens (tertiary/aromatic N) is 1. The van der Waals surface area contributed by atoms with E-state index in [0.717, 1.165) is 0 Å². The normalized spacial score (nSPS) is 23.5. The molecule has 1 rings (SSSR count). The fraction of sp³-hybridized carbons (Fsp3) is 0.667. The van der Waals surface area contributed by atoms with Crippen molar-refractivity contribution in [1.82, 2.24) is 4.90 Å². The Balaban J connectivity index is 2.68. The first-order valence-corrected chi connectivity index (χ1v) is 3.33. The highest BCUT2D eigenvalue weighted by atomic mass is 16.6. The van der Waals surface area contributed by atoms with E-state index < -0.39 is 18.1 Å². The first-order valence-electron chi connectivity index (χ1n) is 3.33. The lowest BCUT2D eigenvalue weighted by Crippen LogP contribution is -2.39. The summed E-state index contributed by atoms with van der Waals surface area (Å²) in [5, 5.41) is 8.56. The summed E-state index contributed by atoms with van der Waals surface area (Å²) in [5.41, 5.74) is 0. The zero-order chi connectivity index (χ0) is 8.43. The number of ether oxygens (including phenoxy) is 1. The third-order valence-electron chi connectivity index (χ3n) is 1.60. The standard InChI is InChI=1S/C6H9NO4/c1-2-7-4(5(8)9)3-11-6(7)10/h4H,2-3H2,1H3,(H,8,9)/t4-/m1/s1. The summed E-state index contributed by atoms with van der Waals surface area (Å²) < 4.78 is 4.54. The lowest BCUT2D eigenvalue weighted by Gasteiger charge is -2.14. The Bertz CT molecular complexity index is 191. The minimum atomic E-state index is -1.02. The van der Waals surface area contributed by atoms with Crippen LogP contribution in [0, 0.1) is 0 Å². The maximum Gasteiger partial charge on any atom is 0.410 e. The number of aliphatic carboxylic acids is 1. The van der Waals surface area contributed by atoms with Gasteiger partial charge in [0.1, 0.15) is 6.61 Å². The molecule has 1 saturated heterocycles. The van der Waals surface area contributed by atoms with Crippen LogP contribution in [0.15, 0.2) is 0 Å². The largest absolute Gasteiger partial charge is 0.480 e. The van der Waals surface area contributed by atoms with E-state index in [0.29, 0.717) is 6.54 Å². The van der Waals surface area contributed by atoms with Crippen molar-refractivity contribution in [2.24, 2.45) is 0 Å². The molecule has 1 aliphatic heterocycles. The van der Waals surface area contributed by atoms with Crippen LogP contribution in [0.3, 0.4) is 0 Å². The second kappa shape index (κ2) is 2.77. The van der Waals surface area contributed by atoms with Crippen molar-refractivity contribution in [3.63, 3.8) is 0 Å². The predicted molar refractivity (Wildman–Crippen MR) is 35.2 cm³/mol. The highest BCUT2D eigenvalue weighted by Gasteiger charge is 2.36. The number of amides is 1. The van der Waals surface area contributed by atoms with Crippen molar-refractivity contribution in [3.8, 4) is 0 Å². The average Bonchev–Trinajstić information content (AvgIpc) is 2.30. The Kier molecular flexibility index (Phi) is 1.98. The lowest BCUT2D eigenvalue weighted by atomic mass is 10.3. The monoisotopic (exact) mass is 159 g/mol. The van der Waals surface area contributed by atoms with Gasteiger partial charge in [-0.3, -0.25) is 4.90 Å². The van der Waals surface area contributed by atoms with Gasteiger partial charge in [-0.25, -0.2) is 9.59 Å². The summed E-state index contributed by atoms with van der Waals surface area (Å²) >= 11 is 0. The Hall–Kier alpha value is -1.26. The van der Waals surface area contributed by atoms with Crippen molar-refractivity contribution >= 4 is 12.1 Å². The molecule has 1 N–H and O–H groups in total. The maximum absolute atomic E-state index is 10.8. The highest BCUT2D eigenvalue weighted by Crippen LogP contribution is 2.11. The molecule has 1 amide bonds. The molecule has 0 aromatic carbocycles. The predicted octanol–water partition coefficient (Wildman–Crippen LogP) is -0.0883. The smallest absolute Gasteiger partial charge is 0.410 e. The van der Waals surface area contributed by atoms with Crippen LogP contribution in [0.4, 0.5) is 4.79 Å². The van der Waals surface area contributed by atoms with Gasteiger partial charge in [-0.2, -0.15) is 0 Å². The molecule has 1 aliphatic rings. The fourth-order valence-electron chi connectivity index (χ4n) is 1.00. The van der Waals surface area contributed by atoms with Crippen molar-refractivity contribution in [3.05, 3.63) is 0 Å². The molecule has 0 aromatic heterocycles. The number of cyclic esters (lactones) is 1. The number of hydrogen-bond acceptors (Lipinski definition) is 3. The molecule has 5 heteroatoms. The highest BCUT2D eigenvalue weighted by molar-refractivity contribution is 5.82. The summed E-state index contributed by atoms with van der Waals surface area (Å²) in [7, 11) is 0. The number of carbonyl (C=O) groups is 2. The molecular formula is C6H9NO4. The molecule has 0 bridgehead atoms. The van der Waals surface area contributed by atoms with E-state index in [4.69, 9.17) is 5.11 Å². The molecule has 0 saturated carbocycles.